The van der Waals surface area contributed by atoms with Crippen molar-refractivity contribution in [3.8, 4) is 5.75 Å². The lowest BCUT2D eigenvalue weighted by Crippen LogP contribution is -2.12. The van der Waals surface area contributed by atoms with Gasteiger partial charge in [0.25, 0.3) is 0 Å². The summed E-state index contributed by atoms with van der Waals surface area (Å²) < 4.78 is 10.1. The Labute approximate surface area is 129 Å². The molecule has 6 nitrogen and oxygen atoms in total. The molecule has 0 radical (unpaired) electrons. The van der Waals surface area contributed by atoms with Crippen LogP contribution in [0.3, 0.4) is 0 Å². The first-order valence-corrected chi connectivity index (χ1v) is 7.26. The minimum atomic E-state index is -0.500. The minimum Gasteiger partial charge on any atom is -0.462 e. The number of hydrogen-bond acceptors (Lipinski definition) is 5. The molecule has 22 heavy (non-hydrogen) atoms. The number of rotatable bonds is 10. The summed E-state index contributed by atoms with van der Waals surface area (Å²) in [5, 5.41) is 2.59. The lowest BCUT2D eigenvalue weighted by atomic mass is 10.2. The molecule has 0 saturated carbocycles. The van der Waals surface area contributed by atoms with Gasteiger partial charge in [0, 0.05) is 13.5 Å². The van der Waals surface area contributed by atoms with Crippen LogP contribution < -0.4 is 10.1 Å². The van der Waals surface area contributed by atoms with E-state index in [4.69, 9.17) is 9.47 Å². The molecule has 0 bridgehead atoms. The van der Waals surface area contributed by atoms with Crippen molar-refractivity contribution in [3.63, 3.8) is 0 Å². The predicted molar refractivity (Wildman–Crippen MR) is 80.6 cm³/mol. The fourth-order valence-electron chi connectivity index (χ4n) is 1.86. The first-order valence-electron chi connectivity index (χ1n) is 7.26. The molecule has 1 amide bonds. The van der Waals surface area contributed by atoms with Gasteiger partial charge in [0.2, 0.25) is 6.41 Å². The van der Waals surface area contributed by atoms with Crippen molar-refractivity contribution >= 4 is 18.3 Å². The predicted octanol–water partition coefficient (Wildman–Crippen LogP) is 2.08. The van der Waals surface area contributed by atoms with Gasteiger partial charge in [-0.1, -0.05) is 18.6 Å². The molecule has 0 fully saturated rings. The second kappa shape index (κ2) is 10.4. The van der Waals surface area contributed by atoms with Gasteiger partial charge in [0.15, 0.2) is 0 Å². The summed E-state index contributed by atoms with van der Waals surface area (Å²) >= 11 is 0. The topological polar surface area (TPSA) is 81.7 Å². The van der Waals surface area contributed by atoms with Crippen molar-refractivity contribution in [2.45, 2.75) is 32.6 Å². The third-order valence-electron chi connectivity index (χ3n) is 2.89. The summed E-state index contributed by atoms with van der Waals surface area (Å²) in [6.45, 7) is 2.26. The van der Waals surface area contributed by atoms with Gasteiger partial charge < -0.3 is 14.8 Å². The van der Waals surface area contributed by atoms with Crippen LogP contribution in [0.1, 0.15) is 43.0 Å². The molecule has 120 valence electrons. The van der Waals surface area contributed by atoms with Gasteiger partial charge in [-0.05, 0) is 31.4 Å². The Bertz CT molecular complexity index is 501. The fourth-order valence-corrected chi connectivity index (χ4v) is 1.86. The first kappa shape index (κ1) is 17.7. The Kier molecular flexibility index (Phi) is 8.33. The van der Waals surface area contributed by atoms with Crippen LogP contribution in [0, 0.1) is 0 Å². The zero-order valence-corrected chi connectivity index (χ0v) is 12.7. The molecule has 6 heteroatoms. The van der Waals surface area contributed by atoms with Crippen LogP contribution in [0.4, 0.5) is 0 Å². The summed E-state index contributed by atoms with van der Waals surface area (Å²) in [5.74, 6) is -0.774. The van der Waals surface area contributed by atoms with Crippen molar-refractivity contribution < 1.29 is 23.9 Å². The van der Waals surface area contributed by atoms with Crippen molar-refractivity contribution in [2.24, 2.45) is 0 Å². The molecule has 1 rings (SSSR count). The van der Waals surface area contributed by atoms with Gasteiger partial charge in [-0.25, -0.2) is 4.79 Å². The molecule has 0 spiro atoms. The maximum Gasteiger partial charge on any atom is 0.341 e. The van der Waals surface area contributed by atoms with E-state index in [-0.39, 0.29) is 11.3 Å². The number of amides is 1. The first-order chi connectivity index (χ1) is 10.6. The van der Waals surface area contributed by atoms with Gasteiger partial charge >= 0.3 is 11.9 Å². The van der Waals surface area contributed by atoms with E-state index >= 15 is 0 Å². The molecule has 0 aliphatic rings. The lowest BCUT2D eigenvalue weighted by molar-refractivity contribution is -0.131. The normalized spacial score (nSPS) is 9.86. The second-order valence-electron chi connectivity index (χ2n) is 4.71. The number of hydrogen-bond donors (Lipinski definition) is 1. The quantitative estimate of drug-likeness (QED) is 0.310. The Balaban J connectivity index is 2.31. The van der Waals surface area contributed by atoms with E-state index in [1.54, 1.807) is 24.3 Å². The van der Waals surface area contributed by atoms with Crippen molar-refractivity contribution in [3.05, 3.63) is 29.8 Å². The van der Waals surface area contributed by atoms with Crippen molar-refractivity contribution in [2.75, 3.05) is 13.2 Å². The van der Waals surface area contributed by atoms with Gasteiger partial charge in [-0.3, -0.25) is 9.59 Å². The average Bonchev–Trinajstić information content (AvgIpc) is 2.49. The van der Waals surface area contributed by atoms with Crippen LogP contribution in [0.2, 0.25) is 0 Å². The zero-order valence-electron chi connectivity index (χ0n) is 12.7. The maximum absolute atomic E-state index is 12.0. The highest BCUT2D eigenvalue weighted by Gasteiger charge is 2.14. The second-order valence-corrected chi connectivity index (χ2v) is 4.71. The number of unbranched alkanes of at least 4 members (excludes halogenated alkanes) is 3. The molecular formula is C16H21NO5. The highest BCUT2D eigenvalue weighted by molar-refractivity contribution is 5.93. The van der Waals surface area contributed by atoms with E-state index < -0.39 is 11.9 Å². The van der Waals surface area contributed by atoms with E-state index in [1.807, 2.05) is 0 Å². The molecule has 1 aromatic rings. The largest absolute Gasteiger partial charge is 0.462 e. The molecule has 0 heterocycles. The molecule has 0 aliphatic heterocycles. The fraction of sp³-hybridized carbons (Fsp3) is 0.438. The van der Waals surface area contributed by atoms with Crippen LogP contribution in [0.15, 0.2) is 24.3 Å². The molecule has 0 aromatic heterocycles. The minimum absolute atomic E-state index is 0.208. The molecule has 1 aromatic carbocycles. The molecule has 0 saturated heterocycles. The molecule has 0 atom stereocenters. The third kappa shape index (κ3) is 6.88. The molecule has 0 unspecified atom stereocenters. The smallest absolute Gasteiger partial charge is 0.341 e. The van der Waals surface area contributed by atoms with E-state index in [2.05, 4.69) is 5.32 Å². The molecular weight excluding hydrogens is 286 g/mol. The SMILES string of the molecule is CC(=O)Oc1ccccc1C(=O)OCCCCCCNC=O. The monoisotopic (exact) mass is 307 g/mol. The number of carbonyl (C=O) groups is 3. The van der Waals surface area contributed by atoms with Crippen molar-refractivity contribution in [1.82, 2.24) is 5.32 Å². The standard InChI is InChI=1S/C16H21NO5/c1-13(19)22-15-9-5-4-8-14(15)16(20)21-11-7-3-2-6-10-17-12-18/h4-5,8-9,12H,2-3,6-7,10-11H2,1H3,(H,17,18). The van der Waals surface area contributed by atoms with Crippen LogP contribution in [0.25, 0.3) is 0 Å². The zero-order chi connectivity index (χ0) is 16.2. The van der Waals surface area contributed by atoms with Gasteiger partial charge in [-0.15, -0.1) is 0 Å². The summed E-state index contributed by atoms with van der Waals surface area (Å²) in [6.07, 6.45) is 4.22. The Morgan fingerprint density at radius 2 is 1.86 bits per heavy atom. The van der Waals surface area contributed by atoms with Gasteiger partial charge in [0.1, 0.15) is 11.3 Å². The summed E-state index contributed by atoms with van der Waals surface area (Å²) in [6, 6.07) is 6.48. The van der Waals surface area contributed by atoms with Crippen LogP contribution in [-0.4, -0.2) is 31.5 Å². The number of ether oxygens (including phenoxy) is 2. The van der Waals surface area contributed by atoms with Crippen molar-refractivity contribution in [1.29, 1.82) is 0 Å². The highest BCUT2D eigenvalue weighted by atomic mass is 16.5. The summed E-state index contributed by atoms with van der Waals surface area (Å²) in [7, 11) is 0. The number of esters is 2. The van der Waals surface area contributed by atoms with Gasteiger partial charge in [0.05, 0.1) is 6.61 Å². The maximum atomic E-state index is 12.0. The van der Waals surface area contributed by atoms with E-state index in [9.17, 15) is 14.4 Å². The third-order valence-corrected chi connectivity index (χ3v) is 2.89. The van der Waals surface area contributed by atoms with Gasteiger partial charge in [-0.2, -0.15) is 0 Å². The summed E-state index contributed by atoms with van der Waals surface area (Å²) in [5.41, 5.74) is 0.243. The molecule has 1 N–H and O–H groups in total. The number of para-hydroxylation sites is 1. The van der Waals surface area contributed by atoms with E-state index in [0.717, 1.165) is 25.7 Å². The molecule has 0 aliphatic carbocycles. The summed E-state index contributed by atoms with van der Waals surface area (Å²) in [4.78, 5) is 33.0. The number of benzene rings is 1. The Hall–Kier alpha value is -2.37. The average molecular weight is 307 g/mol. The Morgan fingerprint density at radius 3 is 2.59 bits per heavy atom. The van der Waals surface area contributed by atoms with Crippen LogP contribution in [-0.2, 0) is 14.3 Å². The number of carbonyl (C=O) groups excluding carboxylic acids is 3. The lowest BCUT2D eigenvalue weighted by Gasteiger charge is -2.09. The van der Waals surface area contributed by atoms with E-state index in [0.29, 0.717) is 19.6 Å². The number of nitrogens with one attached hydrogen (secondary N) is 1. The van der Waals surface area contributed by atoms with Crippen LogP contribution >= 0.6 is 0 Å². The Morgan fingerprint density at radius 1 is 1.14 bits per heavy atom. The van der Waals surface area contributed by atoms with E-state index in [1.165, 1.54) is 6.92 Å². The van der Waals surface area contributed by atoms with Crippen LogP contribution in [0.5, 0.6) is 5.75 Å². The highest BCUT2D eigenvalue weighted by Crippen LogP contribution is 2.19.